The Bertz CT molecular complexity index is 1470. The first-order valence-electron chi connectivity index (χ1n) is 14.0. The van der Waals surface area contributed by atoms with Crippen molar-refractivity contribution in [3.8, 4) is 0 Å². The number of hydrogen-bond acceptors (Lipinski definition) is 4. The Morgan fingerprint density at radius 2 is 1.76 bits per heavy atom. The molecule has 7 nitrogen and oxygen atoms in total. The molecule has 1 saturated carbocycles. The minimum absolute atomic E-state index is 0.00420. The fourth-order valence-electron chi connectivity index (χ4n) is 6.61. The lowest BCUT2D eigenvalue weighted by atomic mass is 9.66. The summed E-state index contributed by atoms with van der Waals surface area (Å²) in [5.41, 5.74) is 0.356. The van der Waals surface area contributed by atoms with E-state index in [0.717, 1.165) is 29.5 Å². The van der Waals surface area contributed by atoms with E-state index in [2.05, 4.69) is 5.32 Å². The van der Waals surface area contributed by atoms with Crippen LogP contribution in [0.25, 0.3) is 0 Å². The highest BCUT2D eigenvalue weighted by atomic mass is 35.5. The van der Waals surface area contributed by atoms with Gasteiger partial charge in [-0.25, -0.2) is 4.31 Å². The second kappa shape index (κ2) is 12.5. The van der Waals surface area contributed by atoms with E-state index >= 15 is 0 Å². The van der Waals surface area contributed by atoms with E-state index in [-0.39, 0.29) is 43.6 Å². The van der Waals surface area contributed by atoms with Crippen LogP contribution in [0.1, 0.15) is 61.6 Å². The van der Waals surface area contributed by atoms with E-state index in [0.29, 0.717) is 10.0 Å². The van der Waals surface area contributed by atoms with Crippen molar-refractivity contribution in [2.75, 3.05) is 0 Å². The topological polar surface area (TPSA) is 110 Å². The normalized spacial score (nSPS) is 24.5. The smallest absolute Gasteiger partial charge is 0.304 e. The molecule has 3 aromatic rings. The van der Waals surface area contributed by atoms with Crippen molar-refractivity contribution in [3.05, 3.63) is 106 Å². The highest BCUT2D eigenvalue weighted by Crippen LogP contribution is 2.55. The summed E-state index contributed by atoms with van der Waals surface area (Å²) >= 11 is 10.1. The number of carbonyl (C=O) groups excluding carboxylic acids is 1. The van der Waals surface area contributed by atoms with Gasteiger partial charge in [0.25, 0.3) is 0 Å². The molecule has 42 heavy (non-hydrogen) atoms. The molecule has 1 heterocycles. The highest BCUT2D eigenvalue weighted by Gasteiger charge is 2.55. The molecule has 1 amide bonds. The quantitative estimate of drug-likeness (QED) is 0.238. The molecule has 222 valence electrons. The van der Waals surface area contributed by atoms with Crippen LogP contribution in [-0.4, -0.2) is 36.1 Å². The molecule has 1 aliphatic carbocycles. The number of carbonyl (C=O) groups is 2. The maximum absolute atomic E-state index is 13.6. The summed E-state index contributed by atoms with van der Waals surface area (Å²) in [4.78, 5) is 25.4. The van der Waals surface area contributed by atoms with Crippen molar-refractivity contribution < 1.29 is 23.5 Å². The largest absolute Gasteiger partial charge is 0.760 e. The molecular weight excluding hydrogens is 595 g/mol. The molecule has 10 heteroatoms. The van der Waals surface area contributed by atoms with Crippen LogP contribution < -0.4 is 5.32 Å². The minimum Gasteiger partial charge on any atom is -0.760 e. The predicted octanol–water partition coefficient (Wildman–Crippen LogP) is 6.44. The molecule has 3 aromatic carbocycles. The zero-order valence-electron chi connectivity index (χ0n) is 23.2. The first-order chi connectivity index (χ1) is 20.0. The summed E-state index contributed by atoms with van der Waals surface area (Å²) < 4.78 is 27.9. The zero-order chi connectivity index (χ0) is 30.1. The molecule has 1 unspecified atom stereocenters. The first-order valence-corrected chi connectivity index (χ1v) is 15.8. The van der Waals surface area contributed by atoms with Crippen LogP contribution in [-0.2, 0) is 32.9 Å². The molecule has 0 spiro atoms. The van der Waals surface area contributed by atoms with Gasteiger partial charge in [0.2, 0.25) is 5.91 Å². The monoisotopic (exact) mass is 627 g/mol. The van der Waals surface area contributed by atoms with Crippen LogP contribution in [0.4, 0.5) is 0 Å². The molecule has 0 aromatic heterocycles. The number of carboxylic acids is 1. The van der Waals surface area contributed by atoms with E-state index in [9.17, 15) is 23.5 Å². The summed E-state index contributed by atoms with van der Waals surface area (Å²) in [6, 6.07) is 23.6. The van der Waals surface area contributed by atoms with Gasteiger partial charge in [0, 0.05) is 39.8 Å². The average Bonchev–Trinajstić information content (AvgIpc) is 3.79. The molecule has 2 N–H and O–H groups in total. The number of benzene rings is 3. The number of halogens is 2. The van der Waals surface area contributed by atoms with Gasteiger partial charge in [-0.15, -0.1) is 0 Å². The molecule has 1 saturated heterocycles. The van der Waals surface area contributed by atoms with Gasteiger partial charge in [0.15, 0.2) is 0 Å². The van der Waals surface area contributed by atoms with E-state index in [4.69, 9.17) is 23.2 Å². The van der Waals surface area contributed by atoms with Gasteiger partial charge < -0.3 is 15.0 Å². The fourth-order valence-corrected chi connectivity index (χ4v) is 7.79. The first kappa shape index (κ1) is 30.7. The van der Waals surface area contributed by atoms with E-state index in [1.807, 2.05) is 60.7 Å². The lowest BCUT2D eigenvalue weighted by molar-refractivity contribution is -0.147. The van der Waals surface area contributed by atoms with Gasteiger partial charge >= 0.3 is 5.97 Å². The Hall–Kier alpha value is -2.75. The fraction of sp³-hybridized carbons (Fsp3) is 0.375. The summed E-state index contributed by atoms with van der Waals surface area (Å²) in [5.74, 6) is -1.72. The lowest BCUT2D eigenvalue weighted by Crippen LogP contribution is -2.59. The lowest BCUT2D eigenvalue weighted by Gasteiger charge is -2.50. The molecule has 5 atom stereocenters. The van der Waals surface area contributed by atoms with Gasteiger partial charge in [-0.1, -0.05) is 84.7 Å². The third-order valence-corrected chi connectivity index (χ3v) is 10.1. The Labute approximate surface area is 258 Å². The number of hydrogen-bond donors (Lipinski definition) is 2. The van der Waals surface area contributed by atoms with Crippen molar-refractivity contribution in [2.24, 2.45) is 11.3 Å². The van der Waals surface area contributed by atoms with Crippen LogP contribution in [0.15, 0.2) is 78.9 Å². The van der Waals surface area contributed by atoms with Crippen molar-refractivity contribution in [2.45, 2.75) is 63.1 Å². The van der Waals surface area contributed by atoms with Gasteiger partial charge in [-0.2, -0.15) is 0 Å². The van der Waals surface area contributed by atoms with Gasteiger partial charge in [-0.05, 0) is 72.6 Å². The molecule has 5 rings (SSSR count). The zero-order valence-corrected chi connectivity index (χ0v) is 25.5. The molecule has 0 bridgehead atoms. The number of aliphatic carboxylic acids is 1. The van der Waals surface area contributed by atoms with Gasteiger partial charge in [0.05, 0.1) is 17.4 Å². The number of rotatable bonds is 11. The number of nitrogens with zero attached hydrogens (tertiary/aromatic N) is 1. The molecule has 2 fully saturated rings. The maximum Gasteiger partial charge on any atom is 0.304 e. The molecule has 0 radical (unpaired) electrons. The van der Waals surface area contributed by atoms with Crippen molar-refractivity contribution in [1.82, 2.24) is 9.62 Å². The summed E-state index contributed by atoms with van der Waals surface area (Å²) in [5, 5.41) is 13.9. The molecule has 1 aliphatic heterocycles. The Morgan fingerprint density at radius 3 is 2.36 bits per heavy atom. The Kier molecular flexibility index (Phi) is 9.11. The summed E-state index contributed by atoms with van der Waals surface area (Å²) in [6.07, 6.45) is 1.88. The van der Waals surface area contributed by atoms with Crippen LogP contribution in [0, 0.1) is 11.3 Å². The summed E-state index contributed by atoms with van der Waals surface area (Å²) in [6.45, 7) is 1.82. The second-order valence-electron chi connectivity index (χ2n) is 11.7. The van der Waals surface area contributed by atoms with E-state index in [1.165, 1.54) is 4.31 Å². The predicted molar refractivity (Wildman–Crippen MR) is 162 cm³/mol. The van der Waals surface area contributed by atoms with Crippen molar-refractivity contribution in [1.29, 1.82) is 0 Å². The number of carboxylic acid groups (broad SMARTS) is 1. The van der Waals surface area contributed by atoms with Gasteiger partial charge in [0.1, 0.15) is 0 Å². The average molecular weight is 629 g/mol. The number of nitrogens with one attached hydrogen (secondary N) is 1. The summed E-state index contributed by atoms with van der Waals surface area (Å²) in [7, 11) is 0. The Balaban J connectivity index is 1.64. The maximum atomic E-state index is 13.6. The van der Waals surface area contributed by atoms with Crippen molar-refractivity contribution in [3.63, 3.8) is 0 Å². The van der Waals surface area contributed by atoms with E-state index < -0.39 is 34.2 Å². The number of amides is 1. The number of piperidine rings is 1. The second-order valence-corrected chi connectivity index (χ2v) is 13.5. The van der Waals surface area contributed by atoms with Gasteiger partial charge in [-0.3, -0.25) is 13.8 Å². The SMILES string of the molecule is C[C@@]1(CC(=O)O)C[C@H](c2cccc(Cl)c2)[C@H](C[C@@](c2ccc(Cl)cc2)(C2CC2)N(Cc2ccccc2)S(=O)[O-])NC1=O. The van der Waals surface area contributed by atoms with Crippen LogP contribution in [0.2, 0.25) is 10.0 Å². The third kappa shape index (κ3) is 6.43. The minimum atomic E-state index is -2.62. The Morgan fingerprint density at radius 1 is 1.07 bits per heavy atom. The highest BCUT2D eigenvalue weighted by molar-refractivity contribution is 7.76. The third-order valence-electron chi connectivity index (χ3n) is 8.76. The van der Waals surface area contributed by atoms with Crippen LogP contribution >= 0.6 is 23.2 Å². The standard InChI is InChI=1S/C32H34Cl2N2O5S/c1-31(19-29(37)38)17-27(22-8-5-9-26(34)16-22)28(35-30(31)39)18-32(23-10-11-23,24-12-14-25(33)15-13-24)36(42(40)41)20-21-6-3-2-4-7-21/h2-9,12-16,23,27-28H,10-11,17-20H2,1H3,(H,35,39)(H,37,38)(H,40,41)/p-1/t27-,28+,31+,32+/m1/s1. The van der Waals surface area contributed by atoms with E-state index in [1.54, 1.807) is 25.1 Å². The van der Waals surface area contributed by atoms with Crippen LogP contribution in [0.3, 0.4) is 0 Å². The van der Waals surface area contributed by atoms with Crippen LogP contribution in [0.5, 0.6) is 0 Å². The van der Waals surface area contributed by atoms with Crippen molar-refractivity contribution >= 4 is 46.3 Å². The molecule has 2 aliphatic rings. The molecular formula is C32H33Cl2N2O5S-.